The van der Waals surface area contributed by atoms with Gasteiger partial charge in [-0.25, -0.2) is 0 Å². The fourth-order valence-electron chi connectivity index (χ4n) is 3.08. The van der Waals surface area contributed by atoms with E-state index < -0.39 is 0 Å². The second-order valence-electron chi connectivity index (χ2n) is 6.23. The summed E-state index contributed by atoms with van der Waals surface area (Å²) in [6.45, 7) is 14.9. The first-order valence-corrected chi connectivity index (χ1v) is 9.91. The molecule has 0 aromatic heterocycles. The van der Waals surface area contributed by atoms with Crippen LogP contribution in [0.5, 0.6) is 0 Å². The van der Waals surface area contributed by atoms with Crippen LogP contribution < -0.4 is 0 Å². The van der Waals surface area contributed by atoms with Gasteiger partial charge in [-0.05, 0) is 59.7 Å². The van der Waals surface area contributed by atoms with E-state index in [1.165, 1.54) is 0 Å². The van der Waals surface area contributed by atoms with Crippen LogP contribution in [-0.4, -0.2) is 71.7 Å². The normalized spacial score (nSPS) is 10.4. The molecule has 0 bridgehead atoms. The van der Waals surface area contributed by atoms with E-state index in [9.17, 15) is 14.4 Å². The Morgan fingerprint density at radius 2 is 0.704 bits per heavy atom. The van der Waals surface area contributed by atoms with Gasteiger partial charge in [-0.1, -0.05) is 0 Å². The van der Waals surface area contributed by atoms with Gasteiger partial charge in [0.05, 0.1) is 0 Å². The molecule has 6 nitrogen and oxygen atoms in total. The molecule has 1 aromatic rings. The molecule has 1 aromatic carbocycles. The Morgan fingerprint density at radius 1 is 0.519 bits per heavy atom. The average Bonchev–Trinajstić information content (AvgIpc) is 2.70. The maximum absolute atomic E-state index is 12.9. The van der Waals surface area contributed by atoms with Crippen LogP contribution in [0.15, 0.2) is 18.2 Å². The van der Waals surface area contributed by atoms with Crippen molar-refractivity contribution in [2.75, 3.05) is 39.3 Å². The topological polar surface area (TPSA) is 60.9 Å². The monoisotopic (exact) mass is 375 g/mol. The predicted octanol–water partition coefficient (Wildman–Crippen LogP) is 3.13. The van der Waals surface area contributed by atoms with Gasteiger partial charge in [0.15, 0.2) is 0 Å². The number of nitrogens with zero attached hydrogens (tertiary/aromatic N) is 3. The van der Waals surface area contributed by atoms with Crippen molar-refractivity contribution in [2.24, 2.45) is 0 Å². The van der Waals surface area contributed by atoms with Gasteiger partial charge < -0.3 is 14.7 Å². The lowest BCUT2D eigenvalue weighted by Gasteiger charge is -2.23. The Kier molecular flexibility index (Phi) is 8.98. The van der Waals surface area contributed by atoms with E-state index in [0.717, 1.165) is 0 Å². The van der Waals surface area contributed by atoms with Gasteiger partial charge in [0.25, 0.3) is 17.7 Å². The molecule has 0 saturated heterocycles. The fourth-order valence-corrected chi connectivity index (χ4v) is 3.08. The number of carbonyl (C=O) groups is 3. The summed E-state index contributed by atoms with van der Waals surface area (Å²) in [5.41, 5.74) is 1.15. The van der Waals surface area contributed by atoms with E-state index in [-0.39, 0.29) is 17.7 Å². The fraction of sp³-hybridized carbons (Fsp3) is 0.571. The third-order valence-corrected chi connectivity index (χ3v) is 4.83. The van der Waals surface area contributed by atoms with Crippen LogP contribution in [0.1, 0.15) is 72.6 Å². The van der Waals surface area contributed by atoms with Crippen molar-refractivity contribution in [3.8, 4) is 0 Å². The van der Waals surface area contributed by atoms with E-state index in [1.807, 2.05) is 41.5 Å². The SMILES string of the molecule is CCN(CC)C(=O)c1cc(C(=O)N(CC)CC)cc(C(=O)N(CC)CC)c1. The molecule has 0 fully saturated rings. The van der Waals surface area contributed by atoms with Crippen molar-refractivity contribution in [3.63, 3.8) is 0 Å². The Hall–Kier alpha value is -2.37. The van der Waals surface area contributed by atoms with E-state index in [0.29, 0.717) is 56.0 Å². The Labute approximate surface area is 163 Å². The first kappa shape index (κ1) is 22.7. The first-order chi connectivity index (χ1) is 12.9. The molecule has 0 aliphatic heterocycles. The van der Waals surface area contributed by atoms with Crippen LogP contribution in [0.3, 0.4) is 0 Å². The summed E-state index contributed by atoms with van der Waals surface area (Å²) in [4.78, 5) is 43.6. The molecule has 0 radical (unpaired) electrons. The summed E-state index contributed by atoms with van der Waals surface area (Å²) in [5.74, 6) is -0.492. The van der Waals surface area contributed by atoms with Gasteiger partial charge in [0, 0.05) is 56.0 Å². The van der Waals surface area contributed by atoms with E-state index >= 15 is 0 Å². The second-order valence-corrected chi connectivity index (χ2v) is 6.23. The van der Waals surface area contributed by atoms with Crippen LogP contribution in [0.4, 0.5) is 0 Å². The smallest absolute Gasteiger partial charge is 0.253 e. The van der Waals surface area contributed by atoms with Crippen molar-refractivity contribution in [1.29, 1.82) is 0 Å². The van der Waals surface area contributed by atoms with Gasteiger partial charge in [0.1, 0.15) is 0 Å². The van der Waals surface area contributed by atoms with Crippen LogP contribution in [0.2, 0.25) is 0 Å². The third-order valence-electron chi connectivity index (χ3n) is 4.83. The maximum atomic E-state index is 12.9. The van der Waals surface area contributed by atoms with Gasteiger partial charge >= 0.3 is 0 Å². The Bertz CT molecular complexity index is 558. The van der Waals surface area contributed by atoms with Crippen molar-refractivity contribution in [1.82, 2.24) is 14.7 Å². The zero-order valence-electron chi connectivity index (χ0n) is 17.5. The minimum atomic E-state index is -0.164. The Balaban J connectivity index is 3.49. The lowest BCUT2D eigenvalue weighted by atomic mass is 10.0. The first-order valence-electron chi connectivity index (χ1n) is 9.91. The quantitative estimate of drug-likeness (QED) is 0.666. The van der Waals surface area contributed by atoms with Crippen LogP contribution in [0, 0.1) is 0 Å². The predicted molar refractivity (Wildman–Crippen MR) is 108 cm³/mol. The largest absolute Gasteiger partial charge is 0.339 e. The van der Waals surface area contributed by atoms with Crippen LogP contribution in [0.25, 0.3) is 0 Å². The number of benzene rings is 1. The molecular weight excluding hydrogens is 342 g/mol. The zero-order chi connectivity index (χ0) is 20.6. The van der Waals surface area contributed by atoms with Crippen molar-refractivity contribution in [3.05, 3.63) is 34.9 Å². The highest BCUT2D eigenvalue weighted by Gasteiger charge is 2.22. The standard InChI is InChI=1S/C21H33N3O3/c1-7-22(8-2)19(25)16-13-17(20(26)23(9-3)10-4)15-18(14-16)21(27)24(11-5)12-6/h13-15H,7-12H2,1-6H3. The highest BCUT2D eigenvalue weighted by atomic mass is 16.2. The number of hydrogen-bond acceptors (Lipinski definition) is 3. The molecular formula is C21H33N3O3. The van der Waals surface area contributed by atoms with Gasteiger partial charge in [-0.15, -0.1) is 0 Å². The zero-order valence-corrected chi connectivity index (χ0v) is 17.5. The van der Waals surface area contributed by atoms with Gasteiger partial charge in [-0.3, -0.25) is 14.4 Å². The summed E-state index contributed by atoms with van der Waals surface area (Å²) in [6.07, 6.45) is 0. The summed E-state index contributed by atoms with van der Waals surface area (Å²) in [5, 5.41) is 0. The van der Waals surface area contributed by atoms with Crippen LogP contribution >= 0.6 is 0 Å². The molecule has 27 heavy (non-hydrogen) atoms. The number of rotatable bonds is 9. The molecule has 6 heteroatoms. The number of hydrogen-bond donors (Lipinski definition) is 0. The summed E-state index contributed by atoms with van der Waals surface area (Å²) < 4.78 is 0. The molecule has 0 aliphatic rings. The van der Waals surface area contributed by atoms with Gasteiger partial charge in [-0.2, -0.15) is 0 Å². The summed E-state index contributed by atoms with van der Waals surface area (Å²) in [6, 6.07) is 4.83. The summed E-state index contributed by atoms with van der Waals surface area (Å²) in [7, 11) is 0. The van der Waals surface area contributed by atoms with E-state index in [2.05, 4.69) is 0 Å². The molecule has 0 atom stereocenters. The van der Waals surface area contributed by atoms with Crippen molar-refractivity contribution >= 4 is 17.7 Å². The highest BCUT2D eigenvalue weighted by Crippen LogP contribution is 2.17. The molecule has 0 spiro atoms. The molecule has 0 saturated carbocycles. The molecule has 0 N–H and O–H groups in total. The molecule has 0 heterocycles. The van der Waals surface area contributed by atoms with E-state index in [1.54, 1.807) is 32.9 Å². The number of carbonyl (C=O) groups excluding carboxylic acids is 3. The van der Waals surface area contributed by atoms with E-state index in [4.69, 9.17) is 0 Å². The van der Waals surface area contributed by atoms with Crippen LogP contribution in [-0.2, 0) is 0 Å². The molecule has 150 valence electrons. The second kappa shape index (κ2) is 10.7. The van der Waals surface area contributed by atoms with Crippen molar-refractivity contribution in [2.45, 2.75) is 41.5 Å². The minimum Gasteiger partial charge on any atom is -0.339 e. The maximum Gasteiger partial charge on any atom is 0.253 e. The Morgan fingerprint density at radius 3 is 0.852 bits per heavy atom. The van der Waals surface area contributed by atoms with Gasteiger partial charge in [0.2, 0.25) is 0 Å². The minimum absolute atomic E-state index is 0.164. The lowest BCUT2D eigenvalue weighted by molar-refractivity contribution is 0.0771. The molecule has 1 rings (SSSR count). The molecule has 0 unspecified atom stereocenters. The van der Waals surface area contributed by atoms with Crippen molar-refractivity contribution < 1.29 is 14.4 Å². The molecule has 0 aliphatic carbocycles. The third kappa shape index (κ3) is 5.31. The number of amides is 3. The highest BCUT2D eigenvalue weighted by molar-refractivity contribution is 6.04. The average molecular weight is 376 g/mol. The summed E-state index contributed by atoms with van der Waals surface area (Å²) >= 11 is 0. The molecule has 3 amide bonds. The lowest BCUT2D eigenvalue weighted by Crippen LogP contribution is -2.34.